The van der Waals surface area contributed by atoms with E-state index in [2.05, 4.69) is 22.3 Å². The van der Waals surface area contributed by atoms with Crippen LogP contribution in [0.15, 0.2) is 53.3 Å². The summed E-state index contributed by atoms with van der Waals surface area (Å²) in [5, 5.41) is 47.2. The number of ketones is 2. The zero-order valence-electron chi connectivity index (χ0n) is 24.5. The zero-order chi connectivity index (χ0) is 32.4. The highest BCUT2D eigenvalue weighted by Crippen LogP contribution is 2.52. The van der Waals surface area contributed by atoms with Crippen LogP contribution in [0.3, 0.4) is 0 Å². The Morgan fingerprint density at radius 1 is 1.09 bits per heavy atom. The van der Waals surface area contributed by atoms with Crippen molar-refractivity contribution in [2.75, 3.05) is 13.1 Å². The molecular formula is C33H34FN3O8. The van der Waals surface area contributed by atoms with E-state index in [1.165, 1.54) is 11.6 Å². The van der Waals surface area contributed by atoms with Crippen LogP contribution in [-0.4, -0.2) is 73.4 Å². The second-order valence-corrected chi connectivity index (χ2v) is 12.4. The summed E-state index contributed by atoms with van der Waals surface area (Å²) < 4.78 is 16.2. The number of nitrogens with one attached hydrogen (secondary N) is 1. The third kappa shape index (κ3) is 4.79. The molecular weight excluding hydrogens is 585 g/mol. The number of aromatic hydroxyl groups is 1. The summed E-state index contributed by atoms with van der Waals surface area (Å²) in [6, 6.07) is 9.79. The summed E-state index contributed by atoms with van der Waals surface area (Å²) in [4.78, 5) is 53.2. The molecule has 2 aromatic rings. The molecule has 0 spiro atoms. The zero-order valence-corrected chi connectivity index (χ0v) is 24.5. The van der Waals surface area contributed by atoms with Crippen molar-refractivity contribution in [1.82, 2.24) is 10.2 Å². The van der Waals surface area contributed by atoms with Crippen LogP contribution in [0.5, 0.6) is 5.75 Å². The second-order valence-electron chi connectivity index (χ2n) is 12.4. The largest absolute Gasteiger partial charge is 0.508 e. The number of Topliss-reactive ketones (excluding diaryl/α,β-unsaturated/α-hetero) is 2. The Morgan fingerprint density at radius 2 is 1.76 bits per heavy atom. The molecule has 0 unspecified atom stereocenters. The fourth-order valence-corrected chi connectivity index (χ4v) is 7.67. The summed E-state index contributed by atoms with van der Waals surface area (Å²) in [5.74, 6) is -9.61. The van der Waals surface area contributed by atoms with Crippen molar-refractivity contribution >= 4 is 29.1 Å². The van der Waals surface area contributed by atoms with Crippen molar-refractivity contribution in [3.05, 3.63) is 81.4 Å². The Morgan fingerprint density at radius 3 is 2.38 bits per heavy atom. The first-order valence-electron chi connectivity index (χ1n) is 14.9. The molecule has 0 radical (unpaired) electrons. The highest BCUT2D eigenvalue weighted by molar-refractivity contribution is 6.25. The summed E-state index contributed by atoms with van der Waals surface area (Å²) in [6.07, 6.45) is 1.34. The Balaban J connectivity index is 1.34. The maximum Gasteiger partial charge on any atom is 0.255 e. The monoisotopic (exact) mass is 619 g/mol. The van der Waals surface area contributed by atoms with Crippen molar-refractivity contribution in [1.29, 1.82) is 0 Å². The molecule has 6 rings (SSSR count). The lowest BCUT2D eigenvalue weighted by Gasteiger charge is -2.48. The second kappa shape index (κ2) is 11.1. The van der Waals surface area contributed by atoms with E-state index in [1.807, 2.05) is 18.2 Å². The van der Waals surface area contributed by atoms with E-state index in [-0.39, 0.29) is 36.1 Å². The molecule has 4 aliphatic rings. The standard InChI is InChI=1S/C33H34FN3O8/c1-15(38)36-27-21-12-18-11-20-24(28(40)23(18)30(42)33(21,45)31(43)25(29(27)41)32(35)44)22(39)13-19(26(20)34)14-37-9-7-17(8-10-37)16-5-3-2-4-6-16/h2-6,13,17-18,21,27,39-40,43,45H,7-12,14H2,1H3,(H2,35,44)(H,36,38)/t18-,21-,27-,33-/m0/s1. The number of carbonyl (C=O) groups is 4. The van der Waals surface area contributed by atoms with Crippen LogP contribution in [0, 0.1) is 17.7 Å². The van der Waals surface area contributed by atoms with Gasteiger partial charge in [-0.05, 0) is 62.2 Å². The van der Waals surface area contributed by atoms with E-state index in [1.54, 1.807) is 0 Å². The minimum atomic E-state index is -2.90. The number of hydrogen-bond acceptors (Lipinski definition) is 9. The van der Waals surface area contributed by atoms with Gasteiger partial charge in [0, 0.05) is 36.1 Å². The molecule has 0 aromatic heterocycles. The van der Waals surface area contributed by atoms with E-state index in [4.69, 9.17) is 5.73 Å². The molecule has 0 bridgehead atoms. The van der Waals surface area contributed by atoms with Gasteiger partial charge in [0.05, 0.1) is 11.6 Å². The Kier molecular flexibility index (Phi) is 7.52. The third-order valence-electron chi connectivity index (χ3n) is 9.82. The summed E-state index contributed by atoms with van der Waals surface area (Å²) in [6.45, 7) is 2.74. The topological polar surface area (TPSA) is 190 Å². The van der Waals surface area contributed by atoms with Crippen LogP contribution in [0.1, 0.15) is 54.4 Å². The average Bonchev–Trinajstić information content (AvgIpc) is 3.00. The van der Waals surface area contributed by atoms with E-state index >= 15 is 4.39 Å². The first-order valence-corrected chi connectivity index (χ1v) is 14.9. The van der Waals surface area contributed by atoms with Crippen molar-refractivity contribution in [3.63, 3.8) is 0 Å². The van der Waals surface area contributed by atoms with Gasteiger partial charge < -0.3 is 31.5 Å². The molecule has 45 heavy (non-hydrogen) atoms. The number of nitrogens with zero attached hydrogens (tertiary/aromatic N) is 1. The minimum Gasteiger partial charge on any atom is -0.508 e. The van der Waals surface area contributed by atoms with Crippen LogP contribution in [0.2, 0.25) is 0 Å². The minimum absolute atomic E-state index is 0.0236. The molecule has 4 atom stereocenters. The molecule has 2 fully saturated rings. The number of rotatable bonds is 5. The van der Waals surface area contributed by atoms with Gasteiger partial charge in [0.2, 0.25) is 11.7 Å². The van der Waals surface area contributed by atoms with E-state index < -0.39 is 81.1 Å². The predicted molar refractivity (Wildman–Crippen MR) is 158 cm³/mol. The fraction of sp³-hybridized carbons (Fsp3) is 0.394. The Labute approximate surface area is 257 Å². The number of piperidine rings is 1. The maximum atomic E-state index is 16.2. The smallest absolute Gasteiger partial charge is 0.255 e. The number of phenols is 1. The van der Waals surface area contributed by atoms with E-state index in [0.29, 0.717) is 19.0 Å². The number of likely N-dealkylation sites (tertiary alicyclic amines) is 1. The molecule has 2 amide bonds. The fourth-order valence-electron chi connectivity index (χ4n) is 7.67. The van der Waals surface area contributed by atoms with Gasteiger partial charge >= 0.3 is 0 Å². The van der Waals surface area contributed by atoms with Crippen LogP contribution < -0.4 is 11.1 Å². The highest BCUT2D eigenvalue weighted by Gasteiger charge is 2.64. The molecule has 1 heterocycles. The van der Waals surface area contributed by atoms with Crippen molar-refractivity contribution in [3.8, 4) is 5.75 Å². The van der Waals surface area contributed by atoms with Gasteiger partial charge in [0.1, 0.15) is 28.7 Å². The quantitative estimate of drug-likeness (QED) is 0.272. The van der Waals surface area contributed by atoms with Gasteiger partial charge in [-0.1, -0.05) is 30.3 Å². The number of amides is 2. The number of hydrogen-bond donors (Lipinski definition) is 6. The normalized spacial score (nSPS) is 27.1. The summed E-state index contributed by atoms with van der Waals surface area (Å²) in [5.41, 5.74) is 2.11. The highest BCUT2D eigenvalue weighted by atomic mass is 19.1. The number of primary amides is 1. The Bertz CT molecular complexity index is 1690. The van der Waals surface area contributed by atoms with E-state index in [9.17, 15) is 39.6 Å². The van der Waals surface area contributed by atoms with E-state index in [0.717, 1.165) is 19.8 Å². The molecule has 1 saturated heterocycles. The number of phenolic OH excluding ortho intramolecular Hbond substituents is 1. The molecule has 7 N–H and O–H groups in total. The predicted octanol–water partition coefficient (Wildman–Crippen LogP) is 2.06. The van der Waals surface area contributed by atoms with Crippen LogP contribution in [-0.2, 0) is 32.1 Å². The van der Waals surface area contributed by atoms with Gasteiger partial charge in [-0.15, -0.1) is 0 Å². The lowest BCUT2D eigenvalue weighted by molar-refractivity contribution is -0.151. The average molecular weight is 620 g/mol. The van der Waals surface area contributed by atoms with Crippen molar-refractivity contribution in [2.45, 2.75) is 56.7 Å². The number of aliphatic hydroxyl groups is 3. The van der Waals surface area contributed by atoms with Crippen LogP contribution in [0.4, 0.5) is 4.39 Å². The number of nitrogens with two attached hydrogens (primary N) is 1. The molecule has 2 aromatic carbocycles. The van der Waals surface area contributed by atoms with Crippen molar-refractivity contribution in [2.24, 2.45) is 17.6 Å². The molecule has 1 aliphatic heterocycles. The molecule has 12 heteroatoms. The molecule has 1 saturated carbocycles. The molecule has 3 aliphatic carbocycles. The number of carbonyl (C=O) groups excluding carboxylic acids is 4. The first kappa shape index (κ1) is 30.5. The third-order valence-corrected chi connectivity index (χ3v) is 9.82. The SMILES string of the molecule is CC(=O)N[C@@H]1C(=O)C(C(N)=O)=C(O)[C@@]2(O)C(=O)C3=C(O)c4c(O)cc(CN5CCC(c6ccccc6)CC5)c(F)c4C[C@H]3C[C@@H]12. The number of fused-ring (bicyclic) bond motifs is 3. The summed E-state index contributed by atoms with van der Waals surface area (Å²) in [7, 11) is 0. The van der Waals surface area contributed by atoms with Crippen LogP contribution in [0.25, 0.3) is 5.76 Å². The lowest BCUT2D eigenvalue weighted by atomic mass is 9.57. The Hall–Kier alpha value is -4.55. The lowest BCUT2D eigenvalue weighted by Crippen LogP contribution is -2.66. The molecule has 236 valence electrons. The van der Waals surface area contributed by atoms with Crippen LogP contribution >= 0.6 is 0 Å². The number of halogens is 1. The van der Waals surface area contributed by atoms with Gasteiger partial charge in [-0.25, -0.2) is 4.39 Å². The first-order chi connectivity index (χ1) is 21.3. The summed E-state index contributed by atoms with van der Waals surface area (Å²) >= 11 is 0. The number of aliphatic hydroxyl groups excluding tert-OH is 2. The van der Waals surface area contributed by atoms with Gasteiger partial charge in [-0.2, -0.15) is 0 Å². The van der Waals surface area contributed by atoms with Crippen molar-refractivity contribution < 1.29 is 44.0 Å². The van der Waals surface area contributed by atoms with Gasteiger partial charge in [0.25, 0.3) is 5.91 Å². The molecule has 11 nitrogen and oxygen atoms in total. The number of benzene rings is 2. The van der Waals surface area contributed by atoms with Gasteiger partial charge in [0.15, 0.2) is 11.4 Å². The maximum absolute atomic E-state index is 16.2. The van der Waals surface area contributed by atoms with Gasteiger partial charge in [-0.3, -0.25) is 24.1 Å².